The van der Waals surface area contributed by atoms with Crippen LogP contribution in [-0.2, 0) is 0 Å². The summed E-state index contributed by atoms with van der Waals surface area (Å²) in [6, 6.07) is 11.3. The van der Waals surface area contributed by atoms with Crippen molar-refractivity contribution in [3.8, 4) is 11.8 Å². The quantitative estimate of drug-likeness (QED) is 0.677. The number of imidazole rings is 1. The minimum Gasteiger partial charge on any atom is -0.329 e. The first kappa shape index (κ1) is 10.7. The molecule has 2 aromatic heterocycles. The average molecular weight is 252 g/mol. The van der Waals surface area contributed by atoms with Gasteiger partial charge in [0.05, 0.1) is 28.9 Å². The largest absolute Gasteiger partial charge is 0.329 e. The first-order chi connectivity index (χ1) is 8.79. The smallest absolute Gasteiger partial charge is 0.182 e. The molecule has 0 fully saturated rings. The van der Waals surface area contributed by atoms with E-state index in [9.17, 15) is 0 Å². The molecule has 4 nitrogen and oxygen atoms in total. The molecule has 0 saturated carbocycles. The zero-order chi connectivity index (χ0) is 12.5. The lowest BCUT2D eigenvalue weighted by molar-refractivity contribution is 1.06. The average Bonchev–Trinajstić information content (AvgIpc) is 2.75. The van der Waals surface area contributed by atoms with Gasteiger partial charge in [0.15, 0.2) is 4.77 Å². The van der Waals surface area contributed by atoms with Gasteiger partial charge in [-0.3, -0.25) is 9.55 Å². The third-order valence-electron chi connectivity index (χ3n) is 2.74. The van der Waals surface area contributed by atoms with Crippen molar-refractivity contribution in [3.05, 3.63) is 53.1 Å². The lowest BCUT2D eigenvalue weighted by Gasteiger charge is -2.03. The van der Waals surface area contributed by atoms with E-state index in [0.29, 0.717) is 10.3 Å². The highest BCUT2D eigenvalue weighted by Gasteiger charge is 2.05. The van der Waals surface area contributed by atoms with Crippen molar-refractivity contribution in [2.45, 2.75) is 0 Å². The van der Waals surface area contributed by atoms with E-state index in [4.69, 9.17) is 17.5 Å². The number of hydrogen-bond donors (Lipinski definition) is 1. The predicted octanol–water partition coefficient (Wildman–Crippen LogP) is 2.95. The Balaban J connectivity index is 2.28. The number of H-pyrrole nitrogens is 1. The molecule has 0 saturated heterocycles. The van der Waals surface area contributed by atoms with Crippen LogP contribution in [0.1, 0.15) is 5.56 Å². The Morgan fingerprint density at radius 3 is 2.72 bits per heavy atom. The van der Waals surface area contributed by atoms with Crippen LogP contribution >= 0.6 is 12.2 Å². The SMILES string of the molecule is N#Cc1ccc(-n2c(=S)[nH]c3cnccc32)cc1. The second-order valence-corrected chi connectivity index (χ2v) is 4.20. The highest BCUT2D eigenvalue weighted by atomic mass is 32.1. The summed E-state index contributed by atoms with van der Waals surface area (Å²) < 4.78 is 2.54. The minimum absolute atomic E-state index is 0.614. The van der Waals surface area contributed by atoms with E-state index in [1.165, 1.54) is 0 Å². The van der Waals surface area contributed by atoms with Gasteiger partial charge < -0.3 is 4.98 Å². The van der Waals surface area contributed by atoms with Crippen molar-refractivity contribution in [1.82, 2.24) is 14.5 Å². The number of hydrogen-bond acceptors (Lipinski definition) is 3. The van der Waals surface area contributed by atoms with Crippen LogP contribution in [0.2, 0.25) is 0 Å². The van der Waals surface area contributed by atoms with E-state index in [0.717, 1.165) is 16.7 Å². The second kappa shape index (κ2) is 4.09. The van der Waals surface area contributed by atoms with E-state index in [1.54, 1.807) is 24.5 Å². The molecule has 0 spiro atoms. The Labute approximate surface area is 108 Å². The van der Waals surface area contributed by atoms with Gasteiger partial charge in [0.1, 0.15) is 0 Å². The number of nitriles is 1. The Morgan fingerprint density at radius 1 is 1.22 bits per heavy atom. The third-order valence-corrected chi connectivity index (χ3v) is 3.02. The van der Waals surface area contributed by atoms with Gasteiger partial charge >= 0.3 is 0 Å². The van der Waals surface area contributed by atoms with Crippen molar-refractivity contribution in [2.75, 3.05) is 0 Å². The van der Waals surface area contributed by atoms with E-state index in [1.807, 2.05) is 22.8 Å². The molecule has 1 N–H and O–H groups in total. The molecule has 5 heteroatoms. The molecular formula is C13H8N4S. The Morgan fingerprint density at radius 2 is 2.00 bits per heavy atom. The van der Waals surface area contributed by atoms with Gasteiger partial charge in [0, 0.05) is 11.9 Å². The summed E-state index contributed by atoms with van der Waals surface area (Å²) in [7, 11) is 0. The number of aromatic nitrogens is 3. The Hall–Kier alpha value is -2.45. The summed E-state index contributed by atoms with van der Waals surface area (Å²) in [5.41, 5.74) is 3.43. The van der Waals surface area contributed by atoms with Crippen LogP contribution in [0.3, 0.4) is 0 Å². The lowest BCUT2D eigenvalue weighted by Crippen LogP contribution is -1.93. The zero-order valence-electron chi connectivity index (χ0n) is 9.29. The Kier molecular flexibility index (Phi) is 2.43. The van der Waals surface area contributed by atoms with Crippen molar-refractivity contribution in [3.63, 3.8) is 0 Å². The first-order valence-electron chi connectivity index (χ1n) is 5.35. The number of nitrogens with one attached hydrogen (secondary N) is 1. The van der Waals surface area contributed by atoms with Crippen LogP contribution in [0, 0.1) is 16.1 Å². The Bertz CT molecular complexity index is 805. The number of fused-ring (bicyclic) bond motifs is 1. The van der Waals surface area contributed by atoms with Gasteiger partial charge in [0.25, 0.3) is 0 Å². The normalized spacial score (nSPS) is 10.4. The molecule has 0 radical (unpaired) electrons. The van der Waals surface area contributed by atoms with Gasteiger partial charge in [0.2, 0.25) is 0 Å². The molecule has 18 heavy (non-hydrogen) atoms. The molecule has 2 heterocycles. The lowest BCUT2D eigenvalue weighted by atomic mass is 10.2. The molecule has 0 unspecified atom stereocenters. The maximum absolute atomic E-state index is 8.79. The van der Waals surface area contributed by atoms with Crippen LogP contribution in [0.15, 0.2) is 42.7 Å². The summed E-state index contributed by atoms with van der Waals surface area (Å²) in [5.74, 6) is 0. The van der Waals surface area contributed by atoms with Crippen LogP contribution in [0.5, 0.6) is 0 Å². The molecule has 0 aliphatic rings. The van der Waals surface area contributed by atoms with Crippen LogP contribution < -0.4 is 0 Å². The summed E-state index contributed by atoms with van der Waals surface area (Å²) in [5, 5.41) is 8.79. The maximum atomic E-state index is 8.79. The van der Waals surface area contributed by atoms with Crippen LogP contribution in [0.4, 0.5) is 0 Å². The molecular weight excluding hydrogens is 244 g/mol. The van der Waals surface area contributed by atoms with E-state index >= 15 is 0 Å². The third kappa shape index (κ3) is 1.60. The van der Waals surface area contributed by atoms with Gasteiger partial charge in [-0.1, -0.05) is 0 Å². The van der Waals surface area contributed by atoms with Gasteiger partial charge in [-0.05, 0) is 42.5 Å². The van der Waals surface area contributed by atoms with Crippen LogP contribution in [0.25, 0.3) is 16.7 Å². The van der Waals surface area contributed by atoms with Gasteiger partial charge in [-0.15, -0.1) is 0 Å². The van der Waals surface area contributed by atoms with Crippen molar-refractivity contribution in [2.24, 2.45) is 0 Å². The molecule has 1 aromatic carbocycles. The van der Waals surface area contributed by atoms with E-state index in [2.05, 4.69) is 16.0 Å². The molecule has 0 aliphatic carbocycles. The van der Waals surface area contributed by atoms with E-state index in [-0.39, 0.29) is 0 Å². The minimum atomic E-state index is 0.614. The fourth-order valence-electron chi connectivity index (χ4n) is 1.90. The first-order valence-corrected chi connectivity index (χ1v) is 5.76. The molecule has 0 bridgehead atoms. The summed E-state index contributed by atoms with van der Waals surface area (Å²) >= 11 is 5.31. The molecule has 3 rings (SSSR count). The van der Waals surface area contributed by atoms with Crippen molar-refractivity contribution in [1.29, 1.82) is 5.26 Å². The fraction of sp³-hybridized carbons (Fsp3) is 0. The molecule has 0 amide bonds. The second-order valence-electron chi connectivity index (χ2n) is 3.82. The monoisotopic (exact) mass is 252 g/mol. The zero-order valence-corrected chi connectivity index (χ0v) is 10.1. The summed E-state index contributed by atoms with van der Waals surface area (Å²) in [6.07, 6.45) is 3.47. The van der Waals surface area contributed by atoms with Crippen molar-refractivity contribution >= 4 is 23.3 Å². The summed E-state index contributed by atoms with van der Waals surface area (Å²) in [4.78, 5) is 7.16. The van der Waals surface area contributed by atoms with Crippen LogP contribution in [-0.4, -0.2) is 14.5 Å². The van der Waals surface area contributed by atoms with Crippen molar-refractivity contribution < 1.29 is 0 Å². The topological polar surface area (TPSA) is 57.4 Å². The number of nitrogens with zero attached hydrogens (tertiary/aromatic N) is 3. The molecule has 0 aliphatic heterocycles. The summed E-state index contributed by atoms with van der Waals surface area (Å²) in [6.45, 7) is 0. The number of pyridine rings is 1. The molecule has 86 valence electrons. The maximum Gasteiger partial charge on any atom is 0.182 e. The number of rotatable bonds is 1. The highest BCUT2D eigenvalue weighted by Crippen LogP contribution is 2.18. The standard InChI is InChI=1S/C13H8N4S/c14-7-9-1-3-10(4-2-9)17-12-5-6-15-8-11(12)16-13(17)18/h1-6,8H,(H,16,18). The van der Waals surface area contributed by atoms with Gasteiger partial charge in [-0.2, -0.15) is 5.26 Å². The van der Waals surface area contributed by atoms with E-state index < -0.39 is 0 Å². The van der Waals surface area contributed by atoms with Gasteiger partial charge in [-0.25, -0.2) is 0 Å². The molecule has 0 atom stereocenters. The molecule has 3 aromatic rings. The predicted molar refractivity (Wildman–Crippen MR) is 71.0 cm³/mol. The number of aromatic amines is 1. The number of benzene rings is 1. The highest BCUT2D eigenvalue weighted by molar-refractivity contribution is 7.71. The fourth-order valence-corrected chi connectivity index (χ4v) is 2.21.